The van der Waals surface area contributed by atoms with Gasteiger partial charge in [0.25, 0.3) is 0 Å². The molecular formula is C10H10O3. The molecule has 0 heterocycles. The molecule has 0 saturated heterocycles. The fourth-order valence-corrected chi connectivity index (χ4v) is 1.11. The van der Waals surface area contributed by atoms with Crippen molar-refractivity contribution in [2.24, 2.45) is 0 Å². The first-order valence-electron chi connectivity index (χ1n) is 3.82. The van der Waals surface area contributed by atoms with E-state index >= 15 is 0 Å². The quantitative estimate of drug-likeness (QED) is 0.660. The number of carbonyl (C=O) groups excluding carboxylic acids is 2. The van der Waals surface area contributed by atoms with Crippen LogP contribution in [0.5, 0.6) is 5.75 Å². The lowest BCUT2D eigenvalue weighted by Crippen LogP contribution is -1.95. The highest BCUT2D eigenvalue weighted by molar-refractivity contribution is 5.86. The van der Waals surface area contributed by atoms with E-state index in [1.54, 1.807) is 13.0 Å². The van der Waals surface area contributed by atoms with Gasteiger partial charge < -0.3 is 4.74 Å². The van der Waals surface area contributed by atoms with Gasteiger partial charge in [-0.1, -0.05) is 0 Å². The van der Waals surface area contributed by atoms with Crippen molar-refractivity contribution >= 4 is 12.6 Å². The maximum atomic E-state index is 10.6. The van der Waals surface area contributed by atoms with Gasteiger partial charge in [-0.05, 0) is 24.6 Å². The first-order chi connectivity index (χ1) is 6.22. The maximum absolute atomic E-state index is 10.6. The molecule has 0 atom stereocenters. The minimum absolute atomic E-state index is 0.398. The fourth-order valence-electron chi connectivity index (χ4n) is 1.11. The summed E-state index contributed by atoms with van der Waals surface area (Å²) in [6.45, 7) is 1.79. The van der Waals surface area contributed by atoms with Gasteiger partial charge in [0.2, 0.25) is 0 Å². The summed E-state index contributed by atoms with van der Waals surface area (Å²) in [5.41, 5.74) is 1.72. The Labute approximate surface area is 76.3 Å². The lowest BCUT2D eigenvalue weighted by Gasteiger charge is -2.06. The highest BCUT2D eigenvalue weighted by atomic mass is 16.5. The molecular weight excluding hydrogens is 168 g/mol. The van der Waals surface area contributed by atoms with Crippen molar-refractivity contribution in [1.82, 2.24) is 0 Å². The number of carbonyl (C=O) groups is 2. The van der Waals surface area contributed by atoms with Gasteiger partial charge in [-0.15, -0.1) is 0 Å². The second kappa shape index (κ2) is 3.85. The lowest BCUT2D eigenvalue weighted by molar-refractivity contribution is 0.112. The molecule has 0 bridgehead atoms. The minimum atomic E-state index is 0.398. The second-order valence-corrected chi connectivity index (χ2v) is 2.69. The molecule has 13 heavy (non-hydrogen) atoms. The summed E-state index contributed by atoms with van der Waals surface area (Å²) in [5, 5.41) is 0. The molecule has 3 nitrogen and oxygen atoms in total. The van der Waals surface area contributed by atoms with E-state index in [0.29, 0.717) is 23.2 Å². The summed E-state index contributed by atoms with van der Waals surface area (Å²) < 4.78 is 4.97. The zero-order chi connectivity index (χ0) is 9.84. The predicted molar refractivity (Wildman–Crippen MR) is 48.5 cm³/mol. The van der Waals surface area contributed by atoms with E-state index in [1.807, 2.05) is 0 Å². The van der Waals surface area contributed by atoms with E-state index in [2.05, 4.69) is 0 Å². The number of aryl methyl sites for hydroxylation is 1. The molecule has 0 N–H and O–H groups in total. The van der Waals surface area contributed by atoms with Gasteiger partial charge in [0.05, 0.1) is 12.7 Å². The van der Waals surface area contributed by atoms with Crippen LogP contribution in [0.2, 0.25) is 0 Å². The summed E-state index contributed by atoms with van der Waals surface area (Å²) in [4.78, 5) is 21.1. The third-order valence-corrected chi connectivity index (χ3v) is 1.87. The topological polar surface area (TPSA) is 43.4 Å². The van der Waals surface area contributed by atoms with E-state index in [4.69, 9.17) is 4.74 Å². The number of benzene rings is 1. The third kappa shape index (κ3) is 1.75. The first-order valence-corrected chi connectivity index (χ1v) is 3.82. The van der Waals surface area contributed by atoms with Crippen molar-refractivity contribution in [3.8, 4) is 5.75 Å². The van der Waals surface area contributed by atoms with Gasteiger partial charge in [0, 0.05) is 5.56 Å². The molecule has 1 rings (SSSR count). The van der Waals surface area contributed by atoms with Crippen LogP contribution in [-0.2, 0) is 0 Å². The van der Waals surface area contributed by atoms with Gasteiger partial charge in [0.15, 0.2) is 6.29 Å². The molecule has 0 aliphatic heterocycles. The summed E-state index contributed by atoms with van der Waals surface area (Å²) in [6.07, 6.45) is 1.40. The van der Waals surface area contributed by atoms with Crippen LogP contribution in [0.15, 0.2) is 12.1 Å². The lowest BCUT2D eigenvalue weighted by atomic mass is 10.1. The monoisotopic (exact) mass is 178 g/mol. The van der Waals surface area contributed by atoms with Crippen LogP contribution in [0.3, 0.4) is 0 Å². The third-order valence-electron chi connectivity index (χ3n) is 1.87. The van der Waals surface area contributed by atoms with E-state index in [9.17, 15) is 9.59 Å². The Kier molecular flexibility index (Phi) is 2.80. The maximum Gasteiger partial charge on any atom is 0.153 e. The Morgan fingerprint density at radius 3 is 2.23 bits per heavy atom. The Bertz CT molecular complexity index is 342. The van der Waals surface area contributed by atoms with Gasteiger partial charge in [-0.25, -0.2) is 0 Å². The summed E-state index contributed by atoms with van der Waals surface area (Å²) in [7, 11) is 1.49. The summed E-state index contributed by atoms with van der Waals surface area (Å²) >= 11 is 0. The minimum Gasteiger partial charge on any atom is -0.496 e. The Balaban J connectivity index is 3.34. The average Bonchev–Trinajstić information content (AvgIpc) is 2.17. The average molecular weight is 178 g/mol. The van der Waals surface area contributed by atoms with E-state index < -0.39 is 0 Å². The standard InChI is InChI=1S/C10H10O3/c1-7-3-10(13-2)9(6-12)4-8(7)5-11/h3-6H,1-2H3. The molecule has 0 fully saturated rings. The summed E-state index contributed by atoms with van der Waals surface area (Å²) in [6, 6.07) is 3.20. The zero-order valence-electron chi connectivity index (χ0n) is 7.53. The van der Waals surface area contributed by atoms with Crippen LogP contribution in [0.1, 0.15) is 26.3 Å². The normalized spacial score (nSPS) is 9.38. The molecule has 0 amide bonds. The number of ether oxygens (including phenoxy) is 1. The molecule has 1 aromatic carbocycles. The van der Waals surface area contributed by atoms with Crippen LogP contribution in [0.25, 0.3) is 0 Å². The van der Waals surface area contributed by atoms with Crippen LogP contribution in [-0.4, -0.2) is 19.7 Å². The molecule has 1 aromatic rings. The Hall–Kier alpha value is -1.64. The number of methoxy groups -OCH3 is 1. The number of hydrogen-bond donors (Lipinski definition) is 0. The first kappa shape index (κ1) is 9.45. The molecule has 0 spiro atoms. The molecule has 0 saturated carbocycles. The van der Waals surface area contributed by atoms with Crippen LogP contribution >= 0.6 is 0 Å². The predicted octanol–water partition coefficient (Wildman–Crippen LogP) is 1.63. The number of aldehydes is 2. The van der Waals surface area contributed by atoms with E-state index in [1.165, 1.54) is 13.2 Å². The van der Waals surface area contributed by atoms with Crippen molar-refractivity contribution in [3.63, 3.8) is 0 Å². The number of rotatable bonds is 3. The highest BCUT2D eigenvalue weighted by Crippen LogP contribution is 2.20. The smallest absolute Gasteiger partial charge is 0.153 e. The van der Waals surface area contributed by atoms with Crippen molar-refractivity contribution in [2.75, 3.05) is 7.11 Å². The largest absolute Gasteiger partial charge is 0.496 e. The Morgan fingerprint density at radius 2 is 1.77 bits per heavy atom. The van der Waals surface area contributed by atoms with Crippen molar-refractivity contribution in [3.05, 3.63) is 28.8 Å². The van der Waals surface area contributed by atoms with Crippen molar-refractivity contribution in [2.45, 2.75) is 6.92 Å². The van der Waals surface area contributed by atoms with E-state index in [-0.39, 0.29) is 0 Å². The van der Waals surface area contributed by atoms with Gasteiger partial charge >= 0.3 is 0 Å². The van der Waals surface area contributed by atoms with Gasteiger partial charge in [-0.3, -0.25) is 9.59 Å². The fraction of sp³-hybridized carbons (Fsp3) is 0.200. The van der Waals surface area contributed by atoms with E-state index in [0.717, 1.165) is 11.8 Å². The Morgan fingerprint density at radius 1 is 1.15 bits per heavy atom. The summed E-state index contributed by atoms with van der Waals surface area (Å²) in [5.74, 6) is 0.498. The molecule has 0 unspecified atom stereocenters. The van der Waals surface area contributed by atoms with Crippen molar-refractivity contribution < 1.29 is 14.3 Å². The highest BCUT2D eigenvalue weighted by Gasteiger charge is 2.05. The molecule has 0 aliphatic rings. The van der Waals surface area contributed by atoms with Crippen molar-refractivity contribution in [1.29, 1.82) is 0 Å². The van der Waals surface area contributed by atoms with Gasteiger partial charge in [0.1, 0.15) is 12.0 Å². The molecule has 0 radical (unpaired) electrons. The second-order valence-electron chi connectivity index (χ2n) is 2.69. The zero-order valence-corrected chi connectivity index (χ0v) is 7.53. The van der Waals surface area contributed by atoms with Gasteiger partial charge in [-0.2, -0.15) is 0 Å². The molecule has 3 heteroatoms. The van der Waals surface area contributed by atoms with Crippen LogP contribution in [0.4, 0.5) is 0 Å². The van der Waals surface area contributed by atoms with Crippen LogP contribution < -0.4 is 4.74 Å². The SMILES string of the molecule is COc1cc(C)c(C=O)cc1C=O. The molecule has 68 valence electrons. The van der Waals surface area contributed by atoms with Crippen LogP contribution in [0, 0.1) is 6.92 Å². The molecule has 0 aliphatic carbocycles. The molecule has 0 aromatic heterocycles. The number of hydrogen-bond acceptors (Lipinski definition) is 3.